The van der Waals surface area contributed by atoms with Gasteiger partial charge in [-0.05, 0) is 36.1 Å². The summed E-state index contributed by atoms with van der Waals surface area (Å²) in [6.45, 7) is 6.93. The quantitative estimate of drug-likeness (QED) is 0.745. The van der Waals surface area contributed by atoms with Gasteiger partial charge in [-0.25, -0.2) is 8.42 Å². The SMILES string of the molecule is CCc1cc(S(=O)(=O)N2CC[C@@]34OC[C@@H](C(C)C)N3C(=O)C[C@@H]24)ccc1OC. The van der Waals surface area contributed by atoms with Crippen molar-refractivity contribution in [2.45, 2.75) is 62.7 Å². The molecule has 0 bridgehead atoms. The highest BCUT2D eigenvalue weighted by Gasteiger charge is 2.66. The Morgan fingerprint density at radius 2 is 2.11 bits per heavy atom. The fraction of sp³-hybridized carbons (Fsp3) is 0.650. The standard InChI is InChI=1S/C20H28N2O5S/c1-5-14-10-15(6-7-17(14)26-4)28(24,25)21-9-8-20-18(21)11-19(23)22(20)16(12-27-20)13(2)3/h6-7,10,13,16,18H,5,8-9,11-12H2,1-4H3/t16-,18+,20-/m0/s1. The van der Waals surface area contributed by atoms with E-state index in [2.05, 4.69) is 13.8 Å². The minimum atomic E-state index is -3.74. The molecule has 0 aliphatic carbocycles. The molecule has 0 saturated carbocycles. The third-order valence-electron chi connectivity index (χ3n) is 6.45. The smallest absolute Gasteiger partial charge is 0.243 e. The van der Waals surface area contributed by atoms with Crippen molar-refractivity contribution in [1.82, 2.24) is 9.21 Å². The van der Waals surface area contributed by atoms with Crippen LogP contribution in [0.25, 0.3) is 0 Å². The summed E-state index contributed by atoms with van der Waals surface area (Å²) >= 11 is 0. The lowest BCUT2D eigenvalue weighted by molar-refractivity contribution is -0.139. The summed E-state index contributed by atoms with van der Waals surface area (Å²) in [5.41, 5.74) is 0.0395. The summed E-state index contributed by atoms with van der Waals surface area (Å²) in [5.74, 6) is 0.937. The fourth-order valence-corrected chi connectivity index (χ4v) is 6.66. The molecule has 3 aliphatic heterocycles. The molecule has 3 aliphatic rings. The normalized spacial score (nSPS) is 30.2. The van der Waals surface area contributed by atoms with Gasteiger partial charge in [0.2, 0.25) is 15.9 Å². The number of sulfonamides is 1. The van der Waals surface area contributed by atoms with Gasteiger partial charge in [0.15, 0.2) is 5.72 Å². The van der Waals surface area contributed by atoms with Gasteiger partial charge in [0.1, 0.15) is 5.75 Å². The van der Waals surface area contributed by atoms with Crippen molar-refractivity contribution in [3.05, 3.63) is 23.8 Å². The van der Waals surface area contributed by atoms with E-state index >= 15 is 0 Å². The largest absolute Gasteiger partial charge is 0.496 e. The number of rotatable bonds is 5. The molecule has 1 aromatic carbocycles. The minimum absolute atomic E-state index is 0.00725. The van der Waals surface area contributed by atoms with E-state index < -0.39 is 21.8 Å². The van der Waals surface area contributed by atoms with Gasteiger partial charge in [0, 0.05) is 19.4 Å². The zero-order valence-electron chi connectivity index (χ0n) is 16.8. The first-order valence-corrected chi connectivity index (χ1v) is 11.3. The van der Waals surface area contributed by atoms with Crippen molar-refractivity contribution < 1.29 is 22.7 Å². The predicted octanol–water partition coefficient (Wildman–Crippen LogP) is 2.00. The van der Waals surface area contributed by atoms with Crippen molar-refractivity contribution in [3.63, 3.8) is 0 Å². The van der Waals surface area contributed by atoms with Gasteiger partial charge in [0.05, 0.1) is 30.7 Å². The van der Waals surface area contributed by atoms with Gasteiger partial charge in [-0.15, -0.1) is 0 Å². The van der Waals surface area contributed by atoms with E-state index in [1.165, 1.54) is 4.31 Å². The summed E-state index contributed by atoms with van der Waals surface area (Å²) in [4.78, 5) is 14.9. The van der Waals surface area contributed by atoms with E-state index in [0.717, 1.165) is 5.56 Å². The molecule has 7 nitrogen and oxygen atoms in total. The number of ether oxygens (including phenoxy) is 2. The van der Waals surface area contributed by atoms with E-state index in [9.17, 15) is 13.2 Å². The van der Waals surface area contributed by atoms with Crippen molar-refractivity contribution in [2.24, 2.45) is 5.92 Å². The highest BCUT2D eigenvalue weighted by atomic mass is 32.2. The molecule has 0 N–H and O–H groups in total. The van der Waals surface area contributed by atoms with Crippen LogP contribution in [0.1, 0.15) is 39.2 Å². The Morgan fingerprint density at radius 1 is 1.36 bits per heavy atom. The Balaban J connectivity index is 1.69. The number of aryl methyl sites for hydroxylation is 1. The van der Waals surface area contributed by atoms with Crippen LogP contribution in [-0.2, 0) is 26.0 Å². The van der Waals surface area contributed by atoms with E-state index in [4.69, 9.17) is 9.47 Å². The summed E-state index contributed by atoms with van der Waals surface area (Å²) in [6, 6.07) is 4.50. The third kappa shape index (κ3) is 2.61. The molecule has 0 aromatic heterocycles. The van der Waals surface area contributed by atoms with Gasteiger partial charge in [-0.1, -0.05) is 20.8 Å². The average molecular weight is 409 g/mol. The Morgan fingerprint density at radius 3 is 2.75 bits per heavy atom. The van der Waals surface area contributed by atoms with Gasteiger partial charge in [-0.3, -0.25) is 4.79 Å². The van der Waals surface area contributed by atoms with Gasteiger partial charge in [-0.2, -0.15) is 4.31 Å². The summed E-state index contributed by atoms with van der Waals surface area (Å²) < 4.78 is 39.9. The van der Waals surface area contributed by atoms with Crippen LogP contribution in [0.3, 0.4) is 0 Å². The summed E-state index contributed by atoms with van der Waals surface area (Å²) in [6.07, 6.45) is 1.37. The molecule has 154 valence electrons. The number of hydrogen-bond acceptors (Lipinski definition) is 5. The maximum absolute atomic E-state index is 13.5. The number of benzene rings is 1. The van der Waals surface area contributed by atoms with E-state index in [0.29, 0.717) is 31.7 Å². The van der Waals surface area contributed by atoms with E-state index in [1.54, 1.807) is 25.3 Å². The maximum Gasteiger partial charge on any atom is 0.243 e. The van der Waals surface area contributed by atoms with Crippen molar-refractivity contribution in [1.29, 1.82) is 0 Å². The first kappa shape index (κ1) is 19.7. The number of nitrogens with zero attached hydrogens (tertiary/aromatic N) is 2. The molecule has 3 heterocycles. The second kappa shape index (κ2) is 6.71. The predicted molar refractivity (Wildman–Crippen MR) is 103 cm³/mol. The fourth-order valence-electron chi connectivity index (χ4n) is 4.95. The van der Waals surface area contributed by atoms with Crippen LogP contribution in [0.2, 0.25) is 0 Å². The van der Waals surface area contributed by atoms with Crippen molar-refractivity contribution in [3.8, 4) is 5.75 Å². The molecule has 3 saturated heterocycles. The molecule has 0 unspecified atom stereocenters. The molecule has 1 spiro atoms. The molecule has 4 rings (SSSR count). The molecular weight excluding hydrogens is 380 g/mol. The third-order valence-corrected chi connectivity index (χ3v) is 8.35. The van der Waals surface area contributed by atoms with Crippen LogP contribution < -0.4 is 4.74 Å². The second-order valence-electron chi connectivity index (χ2n) is 8.14. The molecule has 0 radical (unpaired) electrons. The van der Waals surface area contributed by atoms with E-state index in [1.807, 2.05) is 11.8 Å². The number of carbonyl (C=O) groups excluding carboxylic acids is 1. The van der Waals surface area contributed by atoms with Crippen LogP contribution in [0, 0.1) is 5.92 Å². The number of hydrogen-bond donors (Lipinski definition) is 0. The Labute approximate surface area is 166 Å². The first-order valence-electron chi connectivity index (χ1n) is 9.91. The van der Waals surface area contributed by atoms with Crippen molar-refractivity contribution in [2.75, 3.05) is 20.3 Å². The van der Waals surface area contributed by atoms with Crippen molar-refractivity contribution >= 4 is 15.9 Å². The van der Waals surface area contributed by atoms with Crippen LogP contribution in [0.15, 0.2) is 23.1 Å². The highest BCUT2D eigenvalue weighted by Crippen LogP contribution is 2.50. The lowest BCUT2D eigenvalue weighted by atomic mass is 10.0. The van der Waals surface area contributed by atoms with Gasteiger partial charge < -0.3 is 14.4 Å². The first-order chi connectivity index (χ1) is 13.3. The number of methoxy groups -OCH3 is 1. The van der Waals surface area contributed by atoms with Crippen LogP contribution in [0.4, 0.5) is 0 Å². The highest BCUT2D eigenvalue weighted by molar-refractivity contribution is 7.89. The zero-order chi connectivity index (χ0) is 20.3. The molecule has 1 aromatic rings. The van der Waals surface area contributed by atoms with Crippen LogP contribution in [-0.4, -0.2) is 61.6 Å². The zero-order valence-corrected chi connectivity index (χ0v) is 17.7. The molecule has 1 amide bonds. The molecule has 3 atom stereocenters. The molecule has 8 heteroatoms. The summed E-state index contributed by atoms with van der Waals surface area (Å²) in [7, 11) is -2.16. The molecular formula is C20H28N2O5S. The van der Waals surface area contributed by atoms with E-state index in [-0.39, 0.29) is 29.2 Å². The Kier molecular flexibility index (Phi) is 4.71. The topological polar surface area (TPSA) is 76.2 Å². The maximum atomic E-state index is 13.5. The van der Waals surface area contributed by atoms with Gasteiger partial charge >= 0.3 is 0 Å². The molecule has 28 heavy (non-hydrogen) atoms. The monoisotopic (exact) mass is 408 g/mol. The van der Waals surface area contributed by atoms with Crippen LogP contribution in [0.5, 0.6) is 5.75 Å². The van der Waals surface area contributed by atoms with Crippen LogP contribution >= 0.6 is 0 Å². The summed E-state index contributed by atoms with van der Waals surface area (Å²) in [5, 5.41) is 0. The second-order valence-corrected chi connectivity index (χ2v) is 10.0. The number of carbonyl (C=O) groups is 1. The lowest BCUT2D eigenvalue weighted by Crippen LogP contribution is -2.51. The van der Waals surface area contributed by atoms with Gasteiger partial charge in [0.25, 0.3) is 0 Å². The average Bonchev–Trinajstić information content (AvgIpc) is 3.30. The molecule has 3 fully saturated rings. The number of amides is 1. The minimum Gasteiger partial charge on any atom is -0.496 e. The Bertz CT molecular complexity index is 900. The Hall–Kier alpha value is -1.64. The lowest BCUT2D eigenvalue weighted by Gasteiger charge is -2.34.